The molecule has 1 amide bonds. The highest BCUT2D eigenvalue weighted by molar-refractivity contribution is 6.32. The largest absolute Gasteiger partial charge is 0.490 e. The van der Waals surface area contributed by atoms with Crippen molar-refractivity contribution in [3.63, 3.8) is 0 Å². The molecule has 23 heavy (non-hydrogen) atoms. The number of ether oxygens (including phenoxy) is 2. The first-order valence-electron chi connectivity index (χ1n) is 7.60. The Kier molecular flexibility index (Phi) is 10.8. The Balaban J connectivity index is 0.00000484. The van der Waals surface area contributed by atoms with Gasteiger partial charge in [0, 0.05) is 12.1 Å². The summed E-state index contributed by atoms with van der Waals surface area (Å²) in [5.74, 6) is 0.987. The normalized spacial score (nSPS) is 11.3. The smallest absolute Gasteiger partial charge is 0.251 e. The monoisotopic (exact) mass is 364 g/mol. The van der Waals surface area contributed by atoms with Crippen LogP contribution in [0.4, 0.5) is 0 Å². The Hall–Kier alpha value is -1.17. The Morgan fingerprint density at radius 1 is 1.35 bits per heavy atom. The Morgan fingerprint density at radius 3 is 2.61 bits per heavy atom. The maximum atomic E-state index is 12.2. The number of benzene rings is 1. The van der Waals surface area contributed by atoms with Crippen LogP contribution in [-0.4, -0.2) is 32.2 Å². The van der Waals surface area contributed by atoms with Crippen LogP contribution in [0.1, 0.15) is 37.6 Å². The predicted octanol–water partition coefficient (Wildman–Crippen LogP) is 3.27. The van der Waals surface area contributed by atoms with E-state index in [9.17, 15) is 4.79 Å². The molecule has 0 saturated carbocycles. The van der Waals surface area contributed by atoms with Crippen molar-refractivity contribution in [2.45, 2.75) is 27.2 Å². The van der Waals surface area contributed by atoms with Gasteiger partial charge in [-0.15, -0.1) is 12.4 Å². The summed E-state index contributed by atoms with van der Waals surface area (Å²) < 4.78 is 11.2. The quantitative estimate of drug-likeness (QED) is 0.704. The van der Waals surface area contributed by atoms with Crippen LogP contribution in [0, 0.1) is 5.92 Å². The van der Waals surface area contributed by atoms with E-state index in [1.54, 1.807) is 12.1 Å². The average molecular weight is 365 g/mol. The third kappa shape index (κ3) is 6.85. The van der Waals surface area contributed by atoms with Crippen molar-refractivity contribution in [2.24, 2.45) is 11.7 Å². The fourth-order valence-electron chi connectivity index (χ4n) is 1.76. The Morgan fingerprint density at radius 2 is 2.04 bits per heavy atom. The second-order valence-corrected chi connectivity index (χ2v) is 5.52. The van der Waals surface area contributed by atoms with Crippen LogP contribution < -0.4 is 20.5 Å². The van der Waals surface area contributed by atoms with Gasteiger partial charge in [0.2, 0.25) is 0 Å². The minimum Gasteiger partial charge on any atom is -0.490 e. The molecule has 0 heterocycles. The van der Waals surface area contributed by atoms with Gasteiger partial charge in [0.1, 0.15) is 0 Å². The van der Waals surface area contributed by atoms with E-state index in [4.69, 9.17) is 26.8 Å². The fraction of sp³-hybridized carbons (Fsp3) is 0.562. The molecule has 0 radical (unpaired) electrons. The lowest BCUT2D eigenvalue weighted by atomic mass is 10.1. The molecule has 7 heteroatoms. The van der Waals surface area contributed by atoms with Crippen LogP contribution in [0.3, 0.4) is 0 Å². The summed E-state index contributed by atoms with van der Waals surface area (Å²) in [7, 11) is 0. The van der Waals surface area contributed by atoms with E-state index in [0.29, 0.717) is 48.4 Å². The fourth-order valence-corrected chi connectivity index (χ4v) is 2.02. The van der Waals surface area contributed by atoms with E-state index in [1.807, 2.05) is 20.8 Å². The van der Waals surface area contributed by atoms with E-state index < -0.39 is 0 Å². The molecule has 0 bridgehead atoms. The van der Waals surface area contributed by atoms with Gasteiger partial charge in [0.25, 0.3) is 5.91 Å². The highest BCUT2D eigenvalue weighted by atomic mass is 35.5. The van der Waals surface area contributed by atoms with E-state index in [2.05, 4.69) is 5.32 Å². The van der Waals surface area contributed by atoms with Gasteiger partial charge in [-0.1, -0.05) is 25.4 Å². The van der Waals surface area contributed by atoms with E-state index in [1.165, 1.54) is 0 Å². The Bertz CT molecular complexity index is 498. The van der Waals surface area contributed by atoms with Crippen molar-refractivity contribution < 1.29 is 14.3 Å². The number of halogens is 2. The highest BCUT2D eigenvalue weighted by Crippen LogP contribution is 2.36. The van der Waals surface area contributed by atoms with Crippen LogP contribution in [0.15, 0.2) is 12.1 Å². The zero-order chi connectivity index (χ0) is 16.5. The second-order valence-electron chi connectivity index (χ2n) is 5.12. The van der Waals surface area contributed by atoms with Crippen LogP contribution in [0.2, 0.25) is 5.02 Å². The molecule has 132 valence electrons. The highest BCUT2D eigenvalue weighted by Gasteiger charge is 2.16. The molecule has 0 aromatic heterocycles. The van der Waals surface area contributed by atoms with Gasteiger partial charge in [-0.05, 0) is 37.9 Å². The number of nitrogens with two attached hydrogens (primary N) is 1. The number of hydrogen-bond donors (Lipinski definition) is 2. The van der Waals surface area contributed by atoms with Crippen LogP contribution in [-0.2, 0) is 0 Å². The van der Waals surface area contributed by atoms with Gasteiger partial charge in [0.05, 0.1) is 18.2 Å². The number of hydrogen-bond acceptors (Lipinski definition) is 4. The number of carbonyl (C=O) groups excluding carboxylic acids is 1. The summed E-state index contributed by atoms with van der Waals surface area (Å²) >= 11 is 6.24. The van der Waals surface area contributed by atoms with E-state index in [-0.39, 0.29) is 24.2 Å². The van der Waals surface area contributed by atoms with Crippen LogP contribution in [0.25, 0.3) is 0 Å². The van der Waals surface area contributed by atoms with Gasteiger partial charge in [-0.3, -0.25) is 4.79 Å². The third-order valence-electron chi connectivity index (χ3n) is 3.04. The van der Waals surface area contributed by atoms with Crippen molar-refractivity contribution in [1.82, 2.24) is 5.32 Å². The van der Waals surface area contributed by atoms with Gasteiger partial charge in [-0.25, -0.2) is 0 Å². The predicted molar refractivity (Wildman–Crippen MR) is 96.2 cm³/mol. The topological polar surface area (TPSA) is 73.6 Å². The van der Waals surface area contributed by atoms with Crippen molar-refractivity contribution in [1.29, 1.82) is 0 Å². The molecule has 3 N–H and O–H groups in total. The molecule has 0 aliphatic rings. The van der Waals surface area contributed by atoms with Crippen molar-refractivity contribution in [3.05, 3.63) is 22.7 Å². The molecule has 1 atom stereocenters. The van der Waals surface area contributed by atoms with Gasteiger partial charge in [-0.2, -0.15) is 0 Å². The van der Waals surface area contributed by atoms with E-state index in [0.717, 1.165) is 6.42 Å². The van der Waals surface area contributed by atoms with Gasteiger partial charge >= 0.3 is 0 Å². The minimum absolute atomic E-state index is 0. The molecule has 1 aromatic carbocycles. The molecule has 0 saturated heterocycles. The van der Waals surface area contributed by atoms with Gasteiger partial charge in [0.15, 0.2) is 11.5 Å². The molecule has 1 unspecified atom stereocenters. The first-order valence-corrected chi connectivity index (χ1v) is 7.98. The van der Waals surface area contributed by atoms with Gasteiger partial charge < -0.3 is 20.5 Å². The Labute approximate surface area is 149 Å². The number of carbonyl (C=O) groups is 1. The van der Waals surface area contributed by atoms with Crippen molar-refractivity contribution in [3.8, 4) is 11.5 Å². The molecule has 0 spiro atoms. The minimum atomic E-state index is -0.204. The maximum Gasteiger partial charge on any atom is 0.251 e. The zero-order valence-electron chi connectivity index (χ0n) is 13.9. The molecular formula is C16H26Cl2N2O3. The number of nitrogens with one attached hydrogen (secondary N) is 1. The first kappa shape index (κ1) is 21.8. The lowest BCUT2D eigenvalue weighted by Crippen LogP contribution is -2.31. The SMILES string of the molecule is CCCOc1c(Cl)cc(C(=O)NCC(C)CN)cc1OCC.Cl. The standard InChI is InChI=1S/C16H25ClN2O3.ClH/c1-4-6-22-15-13(17)7-12(8-14(15)21-5-2)16(20)19-10-11(3)9-18;/h7-8,11H,4-6,9-10,18H2,1-3H3,(H,19,20);1H. The molecule has 0 aliphatic heterocycles. The number of amides is 1. The molecular weight excluding hydrogens is 339 g/mol. The molecule has 1 rings (SSSR count). The van der Waals surface area contributed by atoms with E-state index >= 15 is 0 Å². The average Bonchev–Trinajstić information content (AvgIpc) is 2.51. The lowest BCUT2D eigenvalue weighted by molar-refractivity contribution is 0.0948. The second kappa shape index (κ2) is 11.4. The van der Waals surface area contributed by atoms with Crippen molar-refractivity contribution in [2.75, 3.05) is 26.3 Å². The molecule has 5 nitrogen and oxygen atoms in total. The summed E-state index contributed by atoms with van der Waals surface area (Å²) in [6.07, 6.45) is 0.862. The third-order valence-corrected chi connectivity index (χ3v) is 3.32. The van der Waals surface area contributed by atoms with Crippen LogP contribution >= 0.6 is 24.0 Å². The molecule has 0 aliphatic carbocycles. The summed E-state index contributed by atoms with van der Waals surface area (Å²) in [5.41, 5.74) is 5.99. The zero-order valence-corrected chi connectivity index (χ0v) is 15.4. The molecule has 0 fully saturated rings. The molecule has 1 aromatic rings. The maximum absolute atomic E-state index is 12.2. The summed E-state index contributed by atoms with van der Waals surface area (Å²) in [4.78, 5) is 12.2. The van der Waals surface area contributed by atoms with Crippen molar-refractivity contribution >= 4 is 29.9 Å². The first-order chi connectivity index (χ1) is 10.5. The van der Waals surface area contributed by atoms with Crippen LogP contribution in [0.5, 0.6) is 11.5 Å². The summed E-state index contributed by atoms with van der Waals surface area (Å²) in [6.45, 7) is 7.90. The summed E-state index contributed by atoms with van der Waals surface area (Å²) in [5, 5.41) is 3.21. The number of rotatable bonds is 9. The summed E-state index contributed by atoms with van der Waals surface area (Å²) in [6, 6.07) is 3.25. The lowest BCUT2D eigenvalue weighted by Gasteiger charge is -2.15.